The average molecular weight is 387 g/mol. The Morgan fingerprint density at radius 1 is 1.31 bits per heavy atom. The molecule has 3 aromatic rings. The van der Waals surface area contributed by atoms with Crippen LogP contribution in [0.4, 0.5) is 11.4 Å². The Kier molecular flexibility index (Phi) is 5.19. The minimum Gasteiger partial charge on any atom is -0.508 e. The van der Waals surface area contributed by atoms with Crippen molar-refractivity contribution in [1.29, 1.82) is 0 Å². The van der Waals surface area contributed by atoms with Crippen LogP contribution in [0, 0.1) is 17.0 Å². The quantitative estimate of drug-likeness (QED) is 0.494. The number of amides is 1. The third-order valence-corrected chi connectivity index (χ3v) is 5.44. The van der Waals surface area contributed by atoms with Crippen molar-refractivity contribution >= 4 is 40.4 Å². The highest BCUT2D eigenvalue weighted by atomic mass is 32.2. The molecule has 7 nitrogen and oxygen atoms in total. The molecular weight excluding hydrogens is 374 g/mol. The number of hydrogen-bond acceptors (Lipinski definition) is 7. The molecule has 0 saturated heterocycles. The zero-order chi connectivity index (χ0) is 18.7. The monoisotopic (exact) mass is 387 g/mol. The van der Waals surface area contributed by atoms with E-state index in [4.69, 9.17) is 0 Å². The first-order valence-electron chi connectivity index (χ1n) is 7.41. The average Bonchev–Trinajstić information content (AvgIpc) is 3.00. The minimum atomic E-state index is -0.520. The Balaban J connectivity index is 1.85. The number of thiazole rings is 1. The lowest BCUT2D eigenvalue weighted by Gasteiger charge is -2.07. The molecular formula is C17H13N3O4S2. The number of aryl methyl sites for hydroxylation is 1. The van der Waals surface area contributed by atoms with Crippen LogP contribution in [0.1, 0.15) is 16.1 Å². The summed E-state index contributed by atoms with van der Waals surface area (Å²) in [4.78, 5) is 27.9. The van der Waals surface area contributed by atoms with Crippen molar-refractivity contribution in [2.45, 2.75) is 16.2 Å². The van der Waals surface area contributed by atoms with Crippen LogP contribution in [0.25, 0.3) is 0 Å². The number of phenols is 1. The number of carbonyl (C=O) groups is 1. The van der Waals surface area contributed by atoms with Crippen LogP contribution in [0.5, 0.6) is 5.75 Å². The van der Waals surface area contributed by atoms with Crippen molar-refractivity contribution in [2.75, 3.05) is 5.32 Å². The highest BCUT2D eigenvalue weighted by molar-refractivity contribution is 8.01. The van der Waals surface area contributed by atoms with Crippen molar-refractivity contribution in [3.05, 3.63) is 69.2 Å². The zero-order valence-electron chi connectivity index (χ0n) is 13.5. The van der Waals surface area contributed by atoms with Crippen LogP contribution in [0.3, 0.4) is 0 Å². The summed E-state index contributed by atoms with van der Waals surface area (Å²) >= 11 is 2.60. The summed E-state index contributed by atoms with van der Waals surface area (Å²) in [6.45, 7) is 1.85. The van der Waals surface area contributed by atoms with Gasteiger partial charge in [0, 0.05) is 34.5 Å². The van der Waals surface area contributed by atoms with Gasteiger partial charge in [-0.2, -0.15) is 0 Å². The first kappa shape index (κ1) is 17.9. The summed E-state index contributed by atoms with van der Waals surface area (Å²) in [5.41, 5.74) is 1.24. The number of anilines is 1. The molecule has 9 heteroatoms. The third kappa shape index (κ3) is 4.19. The van der Waals surface area contributed by atoms with Gasteiger partial charge in [-0.25, -0.2) is 4.98 Å². The number of nitro benzene ring substituents is 1. The summed E-state index contributed by atoms with van der Waals surface area (Å²) in [7, 11) is 0. The van der Waals surface area contributed by atoms with Crippen molar-refractivity contribution in [3.8, 4) is 5.75 Å². The predicted octanol–water partition coefficient (Wildman–Crippen LogP) is 4.47. The summed E-state index contributed by atoms with van der Waals surface area (Å²) in [5.74, 6) is -0.486. The molecule has 1 aromatic heterocycles. The van der Waals surface area contributed by atoms with Crippen molar-refractivity contribution in [1.82, 2.24) is 4.98 Å². The molecule has 0 aliphatic rings. The van der Waals surface area contributed by atoms with Crippen LogP contribution in [0.15, 0.2) is 57.1 Å². The number of hydrogen-bond donors (Lipinski definition) is 2. The first-order chi connectivity index (χ1) is 12.4. The van der Waals surface area contributed by atoms with Crippen molar-refractivity contribution < 1.29 is 14.8 Å². The van der Waals surface area contributed by atoms with E-state index in [0.717, 1.165) is 5.69 Å². The fraction of sp³-hybridized carbons (Fsp3) is 0.0588. The van der Waals surface area contributed by atoms with Gasteiger partial charge in [-0.1, -0.05) is 17.8 Å². The Labute approximate surface area is 156 Å². The Morgan fingerprint density at radius 2 is 2.12 bits per heavy atom. The van der Waals surface area contributed by atoms with E-state index in [0.29, 0.717) is 14.9 Å². The van der Waals surface area contributed by atoms with Gasteiger partial charge in [0.2, 0.25) is 0 Å². The third-order valence-electron chi connectivity index (χ3n) is 3.32. The summed E-state index contributed by atoms with van der Waals surface area (Å²) in [6, 6.07) is 10.4. The highest BCUT2D eigenvalue weighted by Gasteiger charge is 2.19. The standard InChI is InChI=1S/C17H13N3O4S2/c1-10-9-25-17(18-10)26-15-6-5-11(7-14(15)20(23)24)16(22)19-12-3-2-4-13(21)8-12/h2-9,21H,1H3,(H,19,22). The molecule has 0 saturated carbocycles. The zero-order valence-corrected chi connectivity index (χ0v) is 15.1. The maximum absolute atomic E-state index is 12.3. The molecule has 0 atom stereocenters. The molecule has 0 radical (unpaired) electrons. The molecule has 2 N–H and O–H groups in total. The molecule has 26 heavy (non-hydrogen) atoms. The molecule has 0 unspecified atom stereocenters. The van der Waals surface area contributed by atoms with Gasteiger partial charge in [-0.3, -0.25) is 14.9 Å². The molecule has 1 amide bonds. The Hall–Kier alpha value is -2.91. The van der Waals surface area contributed by atoms with Gasteiger partial charge >= 0.3 is 0 Å². The van der Waals surface area contributed by atoms with E-state index in [1.807, 2.05) is 12.3 Å². The second-order valence-corrected chi connectivity index (χ2v) is 7.45. The second-order valence-electron chi connectivity index (χ2n) is 5.30. The molecule has 0 spiro atoms. The molecule has 132 valence electrons. The van der Waals surface area contributed by atoms with Crippen LogP contribution in [0.2, 0.25) is 0 Å². The largest absolute Gasteiger partial charge is 0.508 e. The summed E-state index contributed by atoms with van der Waals surface area (Å²) in [6.07, 6.45) is 0. The molecule has 0 aliphatic carbocycles. The Bertz CT molecular complexity index is 988. The molecule has 0 fully saturated rings. The number of rotatable bonds is 5. The lowest BCUT2D eigenvalue weighted by Crippen LogP contribution is -2.12. The molecule has 3 rings (SSSR count). The van der Waals surface area contributed by atoms with E-state index in [1.54, 1.807) is 12.1 Å². The van der Waals surface area contributed by atoms with Gasteiger partial charge in [-0.05, 0) is 31.2 Å². The summed E-state index contributed by atoms with van der Waals surface area (Å²) in [5, 5.41) is 25.3. The molecule has 0 aliphatic heterocycles. The number of benzene rings is 2. The highest BCUT2D eigenvalue weighted by Crippen LogP contribution is 2.36. The second kappa shape index (κ2) is 7.54. The van der Waals surface area contributed by atoms with Crippen molar-refractivity contribution in [2.24, 2.45) is 0 Å². The topological polar surface area (TPSA) is 105 Å². The minimum absolute atomic E-state index is 0.0132. The van der Waals surface area contributed by atoms with Gasteiger partial charge < -0.3 is 10.4 Å². The summed E-state index contributed by atoms with van der Waals surface area (Å²) < 4.78 is 0.697. The van der Waals surface area contributed by atoms with E-state index < -0.39 is 10.8 Å². The van der Waals surface area contributed by atoms with Crippen LogP contribution in [-0.4, -0.2) is 20.9 Å². The lowest BCUT2D eigenvalue weighted by atomic mass is 10.2. The molecule has 0 bridgehead atoms. The Morgan fingerprint density at radius 3 is 2.77 bits per heavy atom. The van der Waals surface area contributed by atoms with E-state index in [1.165, 1.54) is 53.4 Å². The van der Waals surface area contributed by atoms with Crippen LogP contribution < -0.4 is 5.32 Å². The van der Waals surface area contributed by atoms with Crippen LogP contribution >= 0.6 is 23.1 Å². The molecule has 1 heterocycles. The number of aromatic hydroxyl groups is 1. The van der Waals surface area contributed by atoms with E-state index in [9.17, 15) is 20.0 Å². The number of nitro groups is 1. The van der Waals surface area contributed by atoms with Gasteiger partial charge in [0.05, 0.1) is 9.82 Å². The SMILES string of the molecule is Cc1csc(Sc2ccc(C(=O)Nc3cccc(O)c3)cc2[N+](=O)[O-])n1. The number of nitrogens with zero attached hydrogens (tertiary/aromatic N) is 2. The van der Waals surface area contributed by atoms with E-state index in [2.05, 4.69) is 10.3 Å². The number of phenolic OH excluding ortho intramolecular Hbond substituents is 1. The maximum Gasteiger partial charge on any atom is 0.284 e. The van der Waals surface area contributed by atoms with Crippen LogP contribution in [-0.2, 0) is 0 Å². The van der Waals surface area contributed by atoms with Gasteiger partial charge in [0.15, 0.2) is 4.34 Å². The molecule has 2 aromatic carbocycles. The lowest BCUT2D eigenvalue weighted by molar-refractivity contribution is -0.387. The maximum atomic E-state index is 12.3. The number of aromatic nitrogens is 1. The predicted molar refractivity (Wildman–Crippen MR) is 100 cm³/mol. The van der Waals surface area contributed by atoms with E-state index >= 15 is 0 Å². The van der Waals surface area contributed by atoms with Gasteiger partial charge in [0.25, 0.3) is 11.6 Å². The fourth-order valence-corrected chi connectivity index (χ4v) is 4.03. The first-order valence-corrected chi connectivity index (χ1v) is 9.11. The number of carbonyl (C=O) groups excluding carboxylic acids is 1. The smallest absolute Gasteiger partial charge is 0.284 e. The van der Waals surface area contributed by atoms with Crippen molar-refractivity contribution in [3.63, 3.8) is 0 Å². The van der Waals surface area contributed by atoms with Gasteiger partial charge in [0.1, 0.15) is 5.75 Å². The fourth-order valence-electron chi connectivity index (χ4n) is 2.15. The number of nitrogens with one attached hydrogen (secondary N) is 1. The normalized spacial score (nSPS) is 10.5. The van der Waals surface area contributed by atoms with E-state index in [-0.39, 0.29) is 17.0 Å². The van der Waals surface area contributed by atoms with Gasteiger partial charge in [-0.15, -0.1) is 11.3 Å².